The second kappa shape index (κ2) is 7.72. The molecule has 142 valence electrons. The summed E-state index contributed by atoms with van der Waals surface area (Å²) in [6.45, 7) is 1.47. The Labute approximate surface area is 162 Å². The van der Waals surface area contributed by atoms with Crippen molar-refractivity contribution < 1.29 is 9.59 Å². The number of nitrogens with zero attached hydrogens (tertiary/aromatic N) is 2. The zero-order valence-corrected chi connectivity index (χ0v) is 16.0. The van der Waals surface area contributed by atoms with Crippen LogP contribution in [0.1, 0.15) is 32.6 Å². The molecular formula is C19H23N5O2S. The number of amides is 2. The summed E-state index contributed by atoms with van der Waals surface area (Å²) in [5.74, 6) is 2.42. The van der Waals surface area contributed by atoms with E-state index in [1.165, 1.54) is 37.9 Å². The molecule has 3 atom stereocenters. The number of nitrogens with one attached hydrogen (secondary N) is 3. The van der Waals surface area contributed by atoms with Gasteiger partial charge < -0.3 is 10.6 Å². The van der Waals surface area contributed by atoms with Crippen LogP contribution in [-0.4, -0.2) is 38.8 Å². The molecule has 0 saturated heterocycles. The highest BCUT2D eigenvalue weighted by Gasteiger charge is 2.39. The minimum absolute atomic E-state index is 0.0589. The van der Waals surface area contributed by atoms with Gasteiger partial charge in [-0.3, -0.25) is 14.7 Å². The summed E-state index contributed by atoms with van der Waals surface area (Å²) in [5.41, 5.74) is 1.60. The first kappa shape index (κ1) is 18.0. The molecule has 2 saturated carbocycles. The largest absolute Gasteiger partial charge is 0.352 e. The summed E-state index contributed by atoms with van der Waals surface area (Å²) in [6.07, 6.45) is 5.01. The maximum absolute atomic E-state index is 12.2. The molecule has 8 heteroatoms. The molecule has 1 aromatic heterocycles. The SMILES string of the molecule is CC(=O)Nc1ccc(-c2nc(SCC(=O)N[C@H]3C[C@@H]4CC[C@@H]3C4)n[nH]2)cc1. The van der Waals surface area contributed by atoms with E-state index in [-0.39, 0.29) is 11.8 Å². The Hall–Kier alpha value is -2.35. The molecule has 0 spiro atoms. The van der Waals surface area contributed by atoms with Crippen LogP contribution >= 0.6 is 11.8 Å². The Morgan fingerprint density at radius 3 is 2.70 bits per heavy atom. The van der Waals surface area contributed by atoms with Crippen LogP contribution in [0.2, 0.25) is 0 Å². The number of fused-ring (bicyclic) bond motifs is 2. The molecule has 0 radical (unpaired) electrons. The molecular weight excluding hydrogens is 362 g/mol. The van der Waals surface area contributed by atoms with Crippen LogP contribution < -0.4 is 10.6 Å². The van der Waals surface area contributed by atoms with Crippen molar-refractivity contribution in [2.45, 2.75) is 43.8 Å². The fourth-order valence-electron chi connectivity index (χ4n) is 4.15. The van der Waals surface area contributed by atoms with E-state index in [9.17, 15) is 9.59 Å². The Kier molecular flexibility index (Phi) is 5.15. The first-order chi connectivity index (χ1) is 13.1. The first-order valence-corrected chi connectivity index (χ1v) is 10.3. The van der Waals surface area contributed by atoms with Crippen molar-refractivity contribution in [3.05, 3.63) is 24.3 Å². The number of hydrogen-bond donors (Lipinski definition) is 3. The standard InChI is InChI=1S/C19H23N5O2S/c1-11(25)20-15-6-4-13(5-7-15)18-22-19(24-23-18)27-10-17(26)21-16-9-12-2-3-14(16)8-12/h4-7,12,14,16H,2-3,8-10H2,1H3,(H,20,25)(H,21,26)(H,22,23,24)/t12-,14-,16+/m1/s1. The summed E-state index contributed by atoms with van der Waals surface area (Å²) >= 11 is 1.34. The van der Waals surface area contributed by atoms with Crippen molar-refractivity contribution in [2.24, 2.45) is 11.8 Å². The molecule has 7 nitrogen and oxygen atoms in total. The maximum Gasteiger partial charge on any atom is 0.230 e. The number of anilines is 1. The average molecular weight is 385 g/mol. The van der Waals surface area contributed by atoms with Gasteiger partial charge in [0.2, 0.25) is 17.0 Å². The highest BCUT2D eigenvalue weighted by Crippen LogP contribution is 2.44. The number of hydrogen-bond acceptors (Lipinski definition) is 5. The van der Waals surface area contributed by atoms with E-state index in [4.69, 9.17) is 0 Å². The number of carbonyl (C=O) groups is 2. The smallest absolute Gasteiger partial charge is 0.230 e. The van der Waals surface area contributed by atoms with Crippen LogP contribution in [0.3, 0.4) is 0 Å². The molecule has 2 aliphatic carbocycles. The molecule has 4 rings (SSSR count). The minimum Gasteiger partial charge on any atom is -0.352 e. The molecule has 2 bridgehead atoms. The van der Waals surface area contributed by atoms with E-state index in [1.54, 1.807) is 0 Å². The first-order valence-electron chi connectivity index (χ1n) is 9.29. The highest BCUT2D eigenvalue weighted by atomic mass is 32.2. The molecule has 2 fully saturated rings. The van der Waals surface area contributed by atoms with E-state index in [0.717, 1.165) is 23.6 Å². The van der Waals surface area contributed by atoms with E-state index < -0.39 is 0 Å². The monoisotopic (exact) mass is 385 g/mol. The van der Waals surface area contributed by atoms with Gasteiger partial charge in [-0.25, -0.2) is 4.98 Å². The minimum atomic E-state index is -0.107. The molecule has 2 aliphatic rings. The van der Waals surface area contributed by atoms with E-state index >= 15 is 0 Å². The van der Waals surface area contributed by atoms with Gasteiger partial charge >= 0.3 is 0 Å². The number of carbonyl (C=O) groups excluding carboxylic acids is 2. The number of H-pyrrole nitrogens is 1. The van der Waals surface area contributed by atoms with Crippen molar-refractivity contribution in [1.29, 1.82) is 0 Å². The topological polar surface area (TPSA) is 99.8 Å². The summed E-state index contributed by atoms with van der Waals surface area (Å²) in [6, 6.07) is 7.72. The molecule has 1 aromatic carbocycles. The van der Waals surface area contributed by atoms with Crippen LogP contribution in [0.15, 0.2) is 29.4 Å². The average Bonchev–Trinajstić information content (AvgIpc) is 3.37. The summed E-state index contributed by atoms with van der Waals surface area (Å²) in [4.78, 5) is 27.7. The van der Waals surface area contributed by atoms with E-state index in [2.05, 4.69) is 25.8 Å². The number of aromatic amines is 1. The predicted octanol–water partition coefficient (Wildman–Crippen LogP) is 2.83. The van der Waals surface area contributed by atoms with Gasteiger partial charge in [-0.2, -0.15) is 0 Å². The number of rotatable bonds is 6. The van der Waals surface area contributed by atoms with Crippen LogP contribution in [0.4, 0.5) is 5.69 Å². The summed E-state index contributed by atoms with van der Waals surface area (Å²) in [5, 5.41) is 13.5. The third-order valence-corrected chi connectivity index (χ3v) is 6.21. The molecule has 0 aliphatic heterocycles. The van der Waals surface area contributed by atoms with E-state index in [0.29, 0.717) is 28.7 Å². The Balaban J connectivity index is 1.29. The lowest BCUT2D eigenvalue weighted by atomic mass is 9.95. The van der Waals surface area contributed by atoms with Crippen molar-refractivity contribution >= 4 is 29.3 Å². The summed E-state index contributed by atoms with van der Waals surface area (Å²) < 4.78 is 0. The Morgan fingerprint density at radius 1 is 1.22 bits per heavy atom. The molecule has 2 amide bonds. The number of aromatic nitrogens is 3. The van der Waals surface area contributed by atoms with Crippen molar-refractivity contribution in [2.75, 3.05) is 11.1 Å². The number of thioether (sulfide) groups is 1. The van der Waals surface area contributed by atoms with Gasteiger partial charge in [0.1, 0.15) is 0 Å². The fourth-order valence-corrected chi connectivity index (χ4v) is 4.76. The van der Waals surface area contributed by atoms with Gasteiger partial charge in [-0.15, -0.1) is 5.10 Å². The molecule has 0 unspecified atom stereocenters. The van der Waals surface area contributed by atoms with Gasteiger partial charge in [0.15, 0.2) is 5.82 Å². The second-order valence-corrected chi connectivity index (χ2v) is 8.31. The number of benzene rings is 1. The van der Waals surface area contributed by atoms with Crippen LogP contribution in [0.25, 0.3) is 11.4 Å². The quantitative estimate of drug-likeness (QED) is 0.664. The van der Waals surface area contributed by atoms with Gasteiger partial charge in [0.25, 0.3) is 0 Å². The van der Waals surface area contributed by atoms with Crippen molar-refractivity contribution in [3.63, 3.8) is 0 Å². The Morgan fingerprint density at radius 2 is 2.04 bits per heavy atom. The zero-order chi connectivity index (χ0) is 18.8. The van der Waals surface area contributed by atoms with E-state index in [1.807, 2.05) is 24.3 Å². The molecule has 1 heterocycles. The van der Waals surface area contributed by atoms with Crippen LogP contribution in [0, 0.1) is 11.8 Å². The van der Waals surface area contributed by atoms with Gasteiger partial charge in [0.05, 0.1) is 5.75 Å². The van der Waals surface area contributed by atoms with Crippen LogP contribution in [-0.2, 0) is 9.59 Å². The highest BCUT2D eigenvalue weighted by molar-refractivity contribution is 7.99. The molecule has 2 aromatic rings. The third-order valence-electron chi connectivity index (χ3n) is 5.36. The van der Waals surface area contributed by atoms with Gasteiger partial charge in [0, 0.05) is 24.2 Å². The molecule has 3 N–H and O–H groups in total. The lowest BCUT2D eigenvalue weighted by molar-refractivity contribution is -0.119. The lowest BCUT2D eigenvalue weighted by Crippen LogP contribution is -2.39. The van der Waals surface area contributed by atoms with Gasteiger partial charge in [-0.05, 0) is 55.4 Å². The zero-order valence-electron chi connectivity index (χ0n) is 15.2. The second-order valence-electron chi connectivity index (χ2n) is 7.36. The fraction of sp³-hybridized carbons (Fsp3) is 0.474. The molecule has 27 heavy (non-hydrogen) atoms. The maximum atomic E-state index is 12.2. The van der Waals surface area contributed by atoms with Crippen molar-refractivity contribution in [3.8, 4) is 11.4 Å². The Bertz CT molecular complexity index is 835. The normalized spacial score (nSPS) is 23.4. The predicted molar refractivity (Wildman–Crippen MR) is 104 cm³/mol. The van der Waals surface area contributed by atoms with Crippen LogP contribution in [0.5, 0.6) is 0 Å². The van der Waals surface area contributed by atoms with Gasteiger partial charge in [-0.1, -0.05) is 18.2 Å². The third kappa shape index (κ3) is 4.32. The lowest BCUT2D eigenvalue weighted by Gasteiger charge is -2.22. The van der Waals surface area contributed by atoms with Crippen molar-refractivity contribution in [1.82, 2.24) is 20.5 Å². The summed E-state index contributed by atoms with van der Waals surface area (Å²) in [7, 11) is 0.